The molecule has 0 radical (unpaired) electrons. The van der Waals surface area contributed by atoms with E-state index in [4.69, 9.17) is 4.74 Å². The van der Waals surface area contributed by atoms with Gasteiger partial charge in [0.05, 0.1) is 21.8 Å². The number of carbonyl (C=O) groups is 1. The summed E-state index contributed by atoms with van der Waals surface area (Å²) in [5, 5.41) is 7.56. The first-order valence-corrected chi connectivity index (χ1v) is 11.6. The summed E-state index contributed by atoms with van der Waals surface area (Å²) in [4.78, 5) is 19.3. The van der Waals surface area contributed by atoms with Gasteiger partial charge in [-0.05, 0) is 44.4 Å². The Morgan fingerprint density at radius 1 is 1.38 bits per heavy atom. The van der Waals surface area contributed by atoms with Crippen molar-refractivity contribution >= 4 is 27.5 Å². The van der Waals surface area contributed by atoms with Crippen molar-refractivity contribution in [2.75, 3.05) is 45.9 Å². The number of nitrogens with zero attached hydrogens (tertiary/aromatic N) is 2. The van der Waals surface area contributed by atoms with Gasteiger partial charge < -0.3 is 20.3 Å². The van der Waals surface area contributed by atoms with Crippen molar-refractivity contribution in [2.45, 2.75) is 39.2 Å². The Hall–Kier alpha value is -1.54. The molecule has 29 heavy (non-hydrogen) atoms. The zero-order chi connectivity index (χ0) is 20.5. The predicted molar refractivity (Wildman–Crippen MR) is 119 cm³/mol. The number of thiazole rings is 1. The normalized spacial score (nSPS) is 20.2. The van der Waals surface area contributed by atoms with Crippen LogP contribution in [0.15, 0.2) is 24.3 Å². The van der Waals surface area contributed by atoms with Crippen molar-refractivity contribution in [3.63, 3.8) is 0 Å². The van der Waals surface area contributed by atoms with Crippen LogP contribution in [0.5, 0.6) is 0 Å². The van der Waals surface area contributed by atoms with Crippen LogP contribution in [0.25, 0.3) is 10.2 Å². The van der Waals surface area contributed by atoms with E-state index in [2.05, 4.69) is 33.5 Å². The Morgan fingerprint density at radius 3 is 3.03 bits per heavy atom. The van der Waals surface area contributed by atoms with E-state index in [-0.39, 0.29) is 5.91 Å². The standard InChI is InChI=1S/C22H34N4O2S/c1-3-28-14-6-12-26-13-10-18(17(2)16-26)24-15-21(27)23-11-9-22-25-19-7-4-5-8-20(19)29-22/h4-5,7-8,17-18,24H,3,6,9-16H2,1-2H3,(H,23,27). The van der Waals surface area contributed by atoms with Gasteiger partial charge in [-0.25, -0.2) is 4.98 Å². The molecule has 2 N–H and O–H groups in total. The van der Waals surface area contributed by atoms with E-state index in [0.29, 0.717) is 25.0 Å². The molecule has 2 atom stereocenters. The number of nitrogens with one attached hydrogen (secondary N) is 2. The van der Waals surface area contributed by atoms with Gasteiger partial charge in [0.15, 0.2) is 0 Å². The number of fused-ring (bicyclic) bond motifs is 1. The lowest BCUT2D eigenvalue weighted by Crippen LogP contribution is -2.50. The van der Waals surface area contributed by atoms with Gasteiger partial charge in [0.2, 0.25) is 5.91 Å². The number of benzene rings is 1. The number of amides is 1. The third-order valence-corrected chi connectivity index (χ3v) is 6.58. The van der Waals surface area contributed by atoms with Crippen LogP contribution in [0.4, 0.5) is 0 Å². The molecule has 0 bridgehead atoms. The minimum absolute atomic E-state index is 0.0671. The van der Waals surface area contributed by atoms with E-state index in [1.807, 2.05) is 25.1 Å². The molecular formula is C22H34N4O2S. The molecule has 1 aliphatic heterocycles. The van der Waals surface area contributed by atoms with Crippen LogP contribution in [0, 0.1) is 5.92 Å². The van der Waals surface area contributed by atoms with Crippen LogP contribution in [0.3, 0.4) is 0 Å². The van der Waals surface area contributed by atoms with E-state index in [1.54, 1.807) is 11.3 Å². The van der Waals surface area contributed by atoms with Crippen LogP contribution in [0.1, 0.15) is 31.7 Å². The van der Waals surface area contributed by atoms with Crippen molar-refractivity contribution in [1.82, 2.24) is 20.5 Å². The minimum Gasteiger partial charge on any atom is -0.382 e. The third-order valence-electron chi connectivity index (χ3n) is 5.48. The third kappa shape index (κ3) is 7.03. The van der Waals surface area contributed by atoms with Crippen LogP contribution in [-0.4, -0.2) is 67.8 Å². The molecule has 0 saturated carbocycles. The first-order chi connectivity index (χ1) is 14.2. The summed E-state index contributed by atoms with van der Waals surface area (Å²) < 4.78 is 6.63. The molecule has 0 spiro atoms. The Morgan fingerprint density at radius 2 is 2.24 bits per heavy atom. The SMILES string of the molecule is CCOCCCN1CCC(NCC(=O)NCCc2nc3ccccc3s2)C(C)C1. The summed E-state index contributed by atoms with van der Waals surface area (Å²) in [6.07, 6.45) is 2.96. The number of carbonyl (C=O) groups excluding carboxylic acids is 1. The second-order valence-electron chi connectivity index (χ2n) is 7.78. The Kier molecular flexibility index (Phi) is 8.86. The van der Waals surface area contributed by atoms with E-state index in [1.165, 1.54) is 4.70 Å². The van der Waals surface area contributed by atoms with E-state index < -0.39 is 0 Å². The summed E-state index contributed by atoms with van der Waals surface area (Å²) in [5.41, 5.74) is 1.04. The van der Waals surface area contributed by atoms with Gasteiger partial charge in [0.1, 0.15) is 0 Å². The lowest BCUT2D eigenvalue weighted by molar-refractivity contribution is -0.120. The number of ether oxygens (including phenoxy) is 1. The lowest BCUT2D eigenvalue weighted by atomic mass is 9.93. The van der Waals surface area contributed by atoms with Gasteiger partial charge in [-0.1, -0.05) is 19.1 Å². The highest BCUT2D eigenvalue weighted by molar-refractivity contribution is 7.18. The van der Waals surface area contributed by atoms with Crippen LogP contribution in [-0.2, 0) is 16.0 Å². The number of para-hydroxylation sites is 1. The molecular weight excluding hydrogens is 384 g/mol. The quantitative estimate of drug-likeness (QED) is 0.549. The lowest BCUT2D eigenvalue weighted by Gasteiger charge is -2.37. The van der Waals surface area contributed by atoms with E-state index in [0.717, 1.165) is 62.6 Å². The molecule has 3 rings (SSSR count). The van der Waals surface area contributed by atoms with Crippen LogP contribution >= 0.6 is 11.3 Å². The molecule has 1 aliphatic rings. The number of aromatic nitrogens is 1. The van der Waals surface area contributed by atoms with E-state index in [9.17, 15) is 4.79 Å². The molecule has 1 aromatic carbocycles. The maximum Gasteiger partial charge on any atom is 0.233 e. The molecule has 7 heteroatoms. The van der Waals surface area contributed by atoms with Crippen molar-refractivity contribution in [2.24, 2.45) is 5.92 Å². The van der Waals surface area contributed by atoms with Crippen molar-refractivity contribution in [1.29, 1.82) is 0 Å². The van der Waals surface area contributed by atoms with Gasteiger partial charge in [0.25, 0.3) is 0 Å². The Labute approximate surface area is 178 Å². The molecule has 1 saturated heterocycles. The molecule has 160 valence electrons. The van der Waals surface area contributed by atoms with Gasteiger partial charge in [0, 0.05) is 45.3 Å². The Balaban J connectivity index is 1.30. The zero-order valence-corrected chi connectivity index (χ0v) is 18.5. The Bertz CT molecular complexity index is 733. The second-order valence-corrected chi connectivity index (χ2v) is 8.89. The maximum atomic E-state index is 12.2. The first kappa shape index (κ1) is 22.2. The molecule has 2 aromatic rings. The summed E-state index contributed by atoms with van der Waals surface area (Å²) >= 11 is 1.70. The molecule has 2 heterocycles. The smallest absolute Gasteiger partial charge is 0.233 e. The molecule has 1 fully saturated rings. The number of hydrogen-bond donors (Lipinski definition) is 2. The monoisotopic (exact) mass is 418 g/mol. The largest absolute Gasteiger partial charge is 0.382 e. The van der Waals surface area contributed by atoms with Crippen LogP contribution < -0.4 is 10.6 Å². The average Bonchev–Trinajstić information content (AvgIpc) is 3.13. The molecule has 1 aromatic heterocycles. The molecule has 2 unspecified atom stereocenters. The van der Waals surface area contributed by atoms with Crippen molar-refractivity contribution in [3.8, 4) is 0 Å². The van der Waals surface area contributed by atoms with Crippen LogP contribution in [0.2, 0.25) is 0 Å². The van der Waals surface area contributed by atoms with E-state index >= 15 is 0 Å². The highest BCUT2D eigenvalue weighted by Gasteiger charge is 2.25. The first-order valence-electron chi connectivity index (χ1n) is 10.8. The maximum absolute atomic E-state index is 12.2. The van der Waals surface area contributed by atoms with Gasteiger partial charge >= 0.3 is 0 Å². The number of rotatable bonds is 11. The molecule has 1 amide bonds. The summed E-state index contributed by atoms with van der Waals surface area (Å²) in [6, 6.07) is 8.57. The number of likely N-dealkylation sites (tertiary alicyclic amines) is 1. The molecule has 0 aliphatic carbocycles. The predicted octanol–water partition coefficient (Wildman–Crippen LogP) is 2.68. The number of piperidine rings is 1. The summed E-state index contributed by atoms with van der Waals surface area (Å²) in [5.74, 6) is 0.615. The molecule has 6 nitrogen and oxygen atoms in total. The van der Waals surface area contributed by atoms with Crippen molar-refractivity contribution in [3.05, 3.63) is 29.3 Å². The summed E-state index contributed by atoms with van der Waals surface area (Å²) in [7, 11) is 0. The van der Waals surface area contributed by atoms with Gasteiger partial charge in [-0.15, -0.1) is 11.3 Å². The zero-order valence-electron chi connectivity index (χ0n) is 17.7. The average molecular weight is 419 g/mol. The minimum atomic E-state index is 0.0671. The van der Waals surface area contributed by atoms with Gasteiger partial charge in [-0.2, -0.15) is 0 Å². The fraction of sp³-hybridized carbons (Fsp3) is 0.636. The topological polar surface area (TPSA) is 66.5 Å². The fourth-order valence-corrected chi connectivity index (χ4v) is 4.86. The van der Waals surface area contributed by atoms with Crippen molar-refractivity contribution < 1.29 is 9.53 Å². The number of hydrogen-bond acceptors (Lipinski definition) is 6. The fourth-order valence-electron chi connectivity index (χ4n) is 3.89. The highest BCUT2D eigenvalue weighted by atomic mass is 32.1. The highest BCUT2D eigenvalue weighted by Crippen LogP contribution is 2.21. The van der Waals surface area contributed by atoms with Gasteiger partial charge in [-0.3, -0.25) is 4.79 Å². The summed E-state index contributed by atoms with van der Waals surface area (Å²) in [6.45, 7) is 10.3. The second kappa shape index (κ2) is 11.6.